The molecule has 0 radical (unpaired) electrons. The zero-order valence-corrected chi connectivity index (χ0v) is 11.7. The highest BCUT2D eigenvalue weighted by Crippen LogP contribution is 2.52. The molecule has 2 saturated heterocycles. The van der Waals surface area contributed by atoms with Crippen molar-refractivity contribution in [2.24, 2.45) is 0 Å². The van der Waals surface area contributed by atoms with Gasteiger partial charge >= 0.3 is 10.9 Å². The van der Waals surface area contributed by atoms with E-state index in [-0.39, 0.29) is 4.46 Å². The summed E-state index contributed by atoms with van der Waals surface area (Å²) in [6.45, 7) is 6.80. The van der Waals surface area contributed by atoms with Gasteiger partial charge in [0.25, 0.3) is 0 Å². The molecule has 0 aromatic heterocycles. The fraction of sp³-hybridized carbons (Fsp3) is 1.00. The van der Waals surface area contributed by atoms with Gasteiger partial charge in [-0.15, -0.1) is 0 Å². The van der Waals surface area contributed by atoms with Crippen molar-refractivity contribution in [2.75, 3.05) is 13.2 Å². The molecule has 0 saturated carbocycles. The zero-order chi connectivity index (χ0) is 9.53. The van der Waals surface area contributed by atoms with E-state index in [9.17, 15) is 0 Å². The van der Waals surface area contributed by atoms with E-state index in [0.717, 1.165) is 6.61 Å². The van der Waals surface area contributed by atoms with Crippen molar-refractivity contribution >= 4 is 31.1 Å². The molecule has 74 valence electrons. The van der Waals surface area contributed by atoms with Gasteiger partial charge in [0, 0.05) is 15.5 Å². The third kappa shape index (κ3) is 1.59. The Labute approximate surface area is 95.9 Å². The smallest absolute Gasteiger partial charge is 0.388 e. The third-order valence-corrected chi connectivity index (χ3v) is 14.1. The number of ether oxygens (including phenoxy) is 1. The van der Waals surface area contributed by atoms with E-state index in [4.69, 9.17) is 4.74 Å². The molecule has 0 aromatic rings. The Morgan fingerprint density at radius 3 is 2.85 bits per heavy atom. The minimum atomic E-state index is -0.727. The Kier molecular flexibility index (Phi) is 2.99. The standard InChI is InChI=1S/C9H17NO.Al.HI/c1-8-9(2)11-7-5-3-4-6-10-8;;/h10H,3-7H2,1-2H3;;1H/q;+1;/p-1. The van der Waals surface area contributed by atoms with Crippen LogP contribution in [0.25, 0.3) is 0 Å². The molecular weight excluding hydrogens is 292 g/mol. The number of hydrogen-bond acceptors (Lipinski definition) is 2. The molecule has 2 heterocycles. The lowest BCUT2D eigenvalue weighted by atomic mass is 10.2. The normalized spacial score (nSPS) is 45.9. The Balaban J connectivity index is 2.07. The monoisotopic (exact) mass is 309 g/mol. The molecule has 0 aliphatic carbocycles. The fourth-order valence-electron chi connectivity index (χ4n) is 2.23. The molecule has 1 N–H and O–H groups in total. The highest BCUT2D eigenvalue weighted by atomic mass is 127. The van der Waals surface area contributed by atoms with Crippen LogP contribution in [0.3, 0.4) is 0 Å². The topological polar surface area (TPSA) is 21.3 Å². The maximum absolute atomic E-state index is 6.03. The second kappa shape index (κ2) is 3.64. The summed E-state index contributed by atoms with van der Waals surface area (Å²) in [6.07, 6.45) is 3.87. The summed E-state index contributed by atoms with van der Waals surface area (Å²) in [7, 11) is -0.727. The zero-order valence-electron chi connectivity index (χ0n) is 8.40. The molecule has 0 aromatic carbocycles. The number of nitrogens with one attached hydrogen (secondary N) is 1. The van der Waals surface area contributed by atoms with Crippen LogP contribution < -0.4 is 5.32 Å². The van der Waals surface area contributed by atoms with Gasteiger partial charge in [-0.05, 0) is 32.7 Å². The predicted molar refractivity (Wildman–Crippen MR) is 64.4 cm³/mol. The summed E-state index contributed by atoms with van der Waals surface area (Å²) in [5.41, 5.74) is 0. The van der Waals surface area contributed by atoms with Gasteiger partial charge in [0.15, 0.2) is 0 Å². The van der Waals surface area contributed by atoms with Gasteiger partial charge in [-0.3, -0.25) is 0 Å². The maximum atomic E-state index is 6.03. The number of rotatable bonds is 0. The molecule has 0 bridgehead atoms. The van der Waals surface area contributed by atoms with Crippen LogP contribution in [0.2, 0.25) is 0 Å². The molecule has 2 nitrogen and oxygen atoms in total. The highest BCUT2D eigenvalue weighted by molar-refractivity contribution is 14.1. The fourth-order valence-corrected chi connectivity index (χ4v) is 10.1. The summed E-state index contributed by atoms with van der Waals surface area (Å²) in [5, 5.41) is 3.69. The van der Waals surface area contributed by atoms with E-state index in [1.807, 2.05) is 0 Å². The van der Waals surface area contributed by atoms with E-state index in [1.165, 1.54) is 25.8 Å². The van der Waals surface area contributed by atoms with Gasteiger partial charge in [0.2, 0.25) is 0 Å². The first kappa shape index (κ1) is 10.7. The molecule has 13 heavy (non-hydrogen) atoms. The molecule has 2 rings (SSSR count). The lowest BCUT2D eigenvalue weighted by Gasteiger charge is -2.21. The minimum absolute atomic E-state index is 0.220. The maximum Gasteiger partial charge on any atom is 0.425 e. The molecule has 2 unspecified atom stereocenters. The van der Waals surface area contributed by atoms with Crippen molar-refractivity contribution in [1.29, 1.82) is 0 Å². The van der Waals surface area contributed by atoms with E-state index in [2.05, 4.69) is 39.4 Å². The number of halogens is 1. The summed E-state index contributed by atoms with van der Waals surface area (Å²) in [4.78, 5) is 0. The second-order valence-electron chi connectivity index (χ2n) is 4.51. The van der Waals surface area contributed by atoms with E-state index >= 15 is 0 Å². The minimum Gasteiger partial charge on any atom is -0.388 e. The van der Waals surface area contributed by atoms with Gasteiger partial charge in [0.05, 0.1) is 0 Å². The van der Waals surface area contributed by atoms with Crippen LogP contribution >= 0.6 is 20.3 Å². The largest absolute Gasteiger partial charge is 0.425 e. The van der Waals surface area contributed by atoms with Gasteiger partial charge in [-0.25, -0.2) is 20.3 Å². The number of fused-ring (bicyclic) bond motifs is 1. The average Bonchev–Trinajstić information content (AvgIpc) is 2.52. The lowest BCUT2D eigenvalue weighted by molar-refractivity contribution is 0.0388. The van der Waals surface area contributed by atoms with Crippen molar-refractivity contribution in [3.05, 3.63) is 0 Å². The van der Waals surface area contributed by atoms with Crippen molar-refractivity contribution in [3.8, 4) is 0 Å². The first-order valence-corrected chi connectivity index (χ1v) is 10.5. The highest BCUT2D eigenvalue weighted by Gasteiger charge is 2.76. The van der Waals surface area contributed by atoms with Crippen LogP contribution in [-0.4, -0.2) is 32.9 Å². The SMILES string of the molecule is C[C]12NCCCCCO[C]1(C)[Al]2[I]. The van der Waals surface area contributed by atoms with Gasteiger partial charge < -0.3 is 10.1 Å². The second-order valence-corrected chi connectivity index (χ2v) is 11.2. The van der Waals surface area contributed by atoms with Crippen LogP contribution in [0, 0.1) is 0 Å². The van der Waals surface area contributed by atoms with Crippen molar-refractivity contribution in [2.45, 2.75) is 42.0 Å². The Morgan fingerprint density at radius 2 is 2.08 bits per heavy atom. The molecule has 4 heteroatoms. The summed E-state index contributed by atoms with van der Waals surface area (Å²) in [5.74, 6) is 0. The summed E-state index contributed by atoms with van der Waals surface area (Å²) < 4.78 is 6.61. The van der Waals surface area contributed by atoms with Crippen LogP contribution in [0.5, 0.6) is 0 Å². The molecule has 2 fully saturated rings. The first-order valence-electron chi connectivity index (χ1n) is 5.14. The van der Waals surface area contributed by atoms with Gasteiger partial charge in [-0.1, -0.05) is 6.92 Å². The Hall–Kier alpha value is 1.18. The van der Waals surface area contributed by atoms with Crippen LogP contribution in [0.4, 0.5) is 0 Å². The molecule has 2 aliphatic heterocycles. The first-order chi connectivity index (χ1) is 6.11. The summed E-state index contributed by atoms with van der Waals surface area (Å²) >= 11 is 2.65. The Morgan fingerprint density at radius 1 is 1.31 bits per heavy atom. The van der Waals surface area contributed by atoms with Crippen LogP contribution in [0.1, 0.15) is 33.1 Å². The average molecular weight is 309 g/mol. The Bertz CT molecular complexity index is 196. The predicted octanol–water partition coefficient (Wildman–Crippen LogP) is 1.81. The molecule has 0 spiro atoms. The van der Waals surface area contributed by atoms with Crippen LogP contribution in [0.15, 0.2) is 0 Å². The van der Waals surface area contributed by atoms with Crippen molar-refractivity contribution in [1.82, 2.24) is 5.32 Å². The summed E-state index contributed by atoms with van der Waals surface area (Å²) in [6, 6.07) is 0. The quantitative estimate of drug-likeness (QED) is 0.544. The number of hydrogen-bond donors (Lipinski definition) is 1. The molecule has 2 atom stereocenters. The van der Waals surface area contributed by atoms with Crippen LogP contribution in [-0.2, 0) is 4.74 Å². The molecule has 0 amide bonds. The van der Waals surface area contributed by atoms with Gasteiger partial charge in [0.1, 0.15) is 0 Å². The lowest BCUT2D eigenvalue weighted by Crippen LogP contribution is -2.38. The van der Waals surface area contributed by atoms with Crippen molar-refractivity contribution in [3.63, 3.8) is 0 Å². The van der Waals surface area contributed by atoms with E-state index in [1.54, 1.807) is 0 Å². The van der Waals surface area contributed by atoms with Crippen molar-refractivity contribution < 1.29 is 4.74 Å². The van der Waals surface area contributed by atoms with Gasteiger partial charge in [-0.2, -0.15) is 0 Å². The van der Waals surface area contributed by atoms with E-state index in [0.29, 0.717) is 4.40 Å². The van der Waals surface area contributed by atoms with E-state index < -0.39 is 10.9 Å². The molecular formula is C9H17AlINO. The molecule has 2 aliphatic rings. The third-order valence-electron chi connectivity index (χ3n) is 3.65.